The Hall–Kier alpha value is -0.900. The van der Waals surface area contributed by atoms with Crippen molar-refractivity contribution >= 4 is 11.8 Å². The number of carbonyl (C=O) groups is 2. The SMILES string of the molecule is COC(=O)CCCC(N)C(C)=O. The Morgan fingerprint density at radius 3 is 2.50 bits per heavy atom. The lowest BCUT2D eigenvalue weighted by molar-refractivity contribution is -0.140. The molecule has 0 aromatic heterocycles. The first-order valence-corrected chi connectivity index (χ1v) is 3.90. The van der Waals surface area contributed by atoms with Gasteiger partial charge in [0.2, 0.25) is 0 Å². The summed E-state index contributed by atoms with van der Waals surface area (Å²) in [6, 6.07) is -0.436. The maximum absolute atomic E-state index is 10.6. The lowest BCUT2D eigenvalue weighted by atomic mass is 10.1. The summed E-state index contributed by atoms with van der Waals surface area (Å²) in [6.45, 7) is 1.45. The molecule has 1 atom stereocenters. The van der Waals surface area contributed by atoms with Crippen molar-refractivity contribution in [3.8, 4) is 0 Å². The molecule has 0 aromatic rings. The number of Topliss-reactive ketones (excluding diaryl/α,β-unsaturated/α-hetero) is 1. The molecule has 0 aromatic carbocycles. The molecule has 0 aliphatic rings. The van der Waals surface area contributed by atoms with E-state index in [4.69, 9.17) is 5.73 Å². The highest BCUT2D eigenvalue weighted by molar-refractivity contribution is 5.81. The standard InChI is InChI=1S/C8H15NO3/c1-6(10)7(9)4-3-5-8(11)12-2/h7H,3-5,9H2,1-2H3. The number of ketones is 1. The maximum atomic E-state index is 10.6. The zero-order valence-electron chi connectivity index (χ0n) is 7.50. The predicted molar refractivity (Wildman–Crippen MR) is 44.5 cm³/mol. The summed E-state index contributed by atoms with van der Waals surface area (Å²) >= 11 is 0. The minimum absolute atomic E-state index is 0.0418. The van der Waals surface area contributed by atoms with E-state index in [9.17, 15) is 9.59 Å². The summed E-state index contributed by atoms with van der Waals surface area (Å²) < 4.78 is 4.43. The summed E-state index contributed by atoms with van der Waals surface area (Å²) in [5.41, 5.74) is 5.44. The molecule has 0 spiro atoms. The van der Waals surface area contributed by atoms with Gasteiger partial charge in [0.15, 0.2) is 0 Å². The van der Waals surface area contributed by atoms with Crippen molar-refractivity contribution in [2.24, 2.45) is 5.73 Å². The fraction of sp³-hybridized carbons (Fsp3) is 0.750. The lowest BCUT2D eigenvalue weighted by Gasteiger charge is -2.05. The molecule has 4 nitrogen and oxygen atoms in total. The molecule has 70 valence electrons. The molecule has 0 bridgehead atoms. The van der Waals surface area contributed by atoms with Crippen LogP contribution in [0, 0.1) is 0 Å². The Kier molecular flexibility index (Phi) is 5.28. The van der Waals surface area contributed by atoms with Crippen LogP contribution in [0.15, 0.2) is 0 Å². The highest BCUT2D eigenvalue weighted by Crippen LogP contribution is 2.00. The van der Waals surface area contributed by atoms with Crippen molar-refractivity contribution in [3.63, 3.8) is 0 Å². The molecule has 12 heavy (non-hydrogen) atoms. The zero-order valence-corrected chi connectivity index (χ0v) is 7.50. The van der Waals surface area contributed by atoms with E-state index >= 15 is 0 Å². The predicted octanol–water partition coefficient (Wildman–Crippen LogP) is 0.246. The Labute approximate surface area is 72.1 Å². The molecular weight excluding hydrogens is 158 g/mol. The molecule has 0 aliphatic heterocycles. The Morgan fingerprint density at radius 1 is 1.50 bits per heavy atom. The van der Waals surface area contributed by atoms with E-state index in [1.165, 1.54) is 14.0 Å². The van der Waals surface area contributed by atoms with Gasteiger partial charge in [-0.15, -0.1) is 0 Å². The van der Waals surface area contributed by atoms with Crippen LogP contribution in [-0.4, -0.2) is 24.9 Å². The quantitative estimate of drug-likeness (QED) is 0.605. The fourth-order valence-corrected chi connectivity index (χ4v) is 0.772. The minimum Gasteiger partial charge on any atom is -0.469 e. The molecular formula is C8H15NO3. The third kappa shape index (κ3) is 4.85. The molecule has 0 fully saturated rings. The van der Waals surface area contributed by atoms with Gasteiger partial charge in [-0.25, -0.2) is 0 Å². The average Bonchev–Trinajstić information content (AvgIpc) is 2.03. The summed E-state index contributed by atoms with van der Waals surface area (Å²) in [5.74, 6) is -0.300. The first kappa shape index (κ1) is 11.1. The monoisotopic (exact) mass is 173 g/mol. The summed E-state index contributed by atoms with van der Waals surface area (Å²) in [7, 11) is 1.34. The van der Waals surface area contributed by atoms with Crippen molar-refractivity contribution in [3.05, 3.63) is 0 Å². The number of hydrogen-bond donors (Lipinski definition) is 1. The largest absolute Gasteiger partial charge is 0.469 e. The average molecular weight is 173 g/mol. The van der Waals surface area contributed by atoms with Crippen LogP contribution >= 0.6 is 0 Å². The molecule has 0 amide bonds. The van der Waals surface area contributed by atoms with Gasteiger partial charge in [0, 0.05) is 6.42 Å². The summed E-state index contributed by atoms with van der Waals surface area (Å²) in [4.78, 5) is 21.3. The van der Waals surface area contributed by atoms with Crippen LogP contribution in [0.5, 0.6) is 0 Å². The van der Waals surface area contributed by atoms with Crippen LogP contribution < -0.4 is 5.73 Å². The van der Waals surface area contributed by atoms with Crippen molar-refractivity contribution in [2.75, 3.05) is 7.11 Å². The first-order valence-electron chi connectivity index (χ1n) is 3.90. The molecule has 0 saturated heterocycles. The molecule has 0 heterocycles. The van der Waals surface area contributed by atoms with E-state index in [1.54, 1.807) is 0 Å². The van der Waals surface area contributed by atoms with Gasteiger partial charge in [-0.2, -0.15) is 0 Å². The van der Waals surface area contributed by atoms with E-state index < -0.39 is 6.04 Å². The van der Waals surface area contributed by atoms with E-state index in [1.807, 2.05) is 0 Å². The molecule has 2 N–H and O–H groups in total. The zero-order chi connectivity index (χ0) is 9.56. The summed E-state index contributed by atoms with van der Waals surface area (Å²) in [6.07, 6.45) is 1.48. The fourth-order valence-electron chi connectivity index (χ4n) is 0.772. The van der Waals surface area contributed by atoms with Crippen molar-refractivity contribution in [1.29, 1.82) is 0 Å². The third-order valence-electron chi connectivity index (χ3n) is 1.65. The van der Waals surface area contributed by atoms with Gasteiger partial charge in [0.25, 0.3) is 0 Å². The van der Waals surface area contributed by atoms with Crippen LogP contribution in [0.2, 0.25) is 0 Å². The molecule has 1 unspecified atom stereocenters. The van der Waals surface area contributed by atoms with Gasteiger partial charge in [-0.05, 0) is 19.8 Å². The molecule has 0 aliphatic carbocycles. The number of esters is 1. The number of methoxy groups -OCH3 is 1. The second-order valence-corrected chi connectivity index (χ2v) is 2.69. The van der Waals surface area contributed by atoms with Gasteiger partial charge >= 0.3 is 5.97 Å². The maximum Gasteiger partial charge on any atom is 0.305 e. The summed E-state index contributed by atoms with van der Waals surface area (Å²) in [5, 5.41) is 0. The van der Waals surface area contributed by atoms with Crippen molar-refractivity contribution < 1.29 is 14.3 Å². The van der Waals surface area contributed by atoms with E-state index in [0.717, 1.165) is 0 Å². The van der Waals surface area contributed by atoms with E-state index in [-0.39, 0.29) is 11.8 Å². The van der Waals surface area contributed by atoms with Gasteiger partial charge in [-0.1, -0.05) is 0 Å². The van der Waals surface area contributed by atoms with Gasteiger partial charge in [0.05, 0.1) is 13.2 Å². The number of rotatable bonds is 5. The van der Waals surface area contributed by atoms with Crippen LogP contribution in [0.4, 0.5) is 0 Å². The van der Waals surface area contributed by atoms with Crippen LogP contribution in [0.1, 0.15) is 26.2 Å². The smallest absolute Gasteiger partial charge is 0.305 e. The number of carbonyl (C=O) groups excluding carboxylic acids is 2. The van der Waals surface area contributed by atoms with Crippen molar-refractivity contribution in [1.82, 2.24) is 0 Å². The normalized spacial score (nSPS) is 12.2. The second kappa shape index (κ2) is 5.71. The topological polar surface area (TPSA) is 69.4 Å². The van der Waals surface area contributed by atoms with Gasteiger partial charge in [-0.3, -0.25) is 9.59 Å². The van der Waals surface area contributed by atoms with E-state index in [2.05, 4.69) is 4.74 Å². The Balaban J connectivity index is 3.43. The van der Waals surface area contributed by atoms with Crippen molar-refractivity contribution in [2.45, 2.75) is 32.2 Å². The van der Waals surface area contributed by atoms with Crippen LogP contribution in [-0.2, 0) is 14.3 Å². The Morgan fingerprint density at radius 2 is 2.08 bits per heavy atom. The third-order valence-corrected chi connectivity index (χ3v) is 1.65. The van der Waals surface area contributed by atoms with Gasteiger partial charge < -0.3 is 10.5 Å². The molecule has 0 saturated carbocycles. The number of hydrogen-bond acceptors (Lipinski definition) is 4. The number of ether oxygens (including phenoxy) is 1. The van der Waals surface area contributed by atoms with Gasteiger partial charge in [0.1, 0.15) is 5.78 Å². The Bertz CT molecular complexity index is 168. The number of nitrogens with two attached hydrogens (primary N) is 1. The first-order chi connectivity index (χ1) is 5.57. The second-order valence-electron chi connectivity index (χ2n) is 2.69. The van der Waals surface area contributed by atoms with E-state index in [0.29, 0.717) is 19.3 Å². The lowest BCUT2D eigenvalue weighted by Crippen LogP contribution is -2.28. The molecule has 0 radical (unpaired) electrons. The highest BCUT2D eigenvalue weighted by atomic mass is 16.5. The van der Waals surface area contributed by atoms with Crippen LogP contribution in [0.3, 0.4) is 0 Å². The minimum atomic E-state index is -0.436. The molecule has 4 heteroatoms. The highest BCUT2D eigenvalue weighted by Gasteiger charge is 2.08. The van der Waals surface area contributed by atoms with Crippen LogP contribution in [0.25, 0.3) is 0 Å². The molecule has 0 rings (SSSR count).